The molecule has 1 heterocycles. The van der Waals surface area contributed by atoms with Crippen LogP contribution in [0.4, 0.5) is 8.78 Å². The van der Waals surface area contributed by atoms with E-state index >= 15 is 0 Å². The maximum Gasteiger partial charge on any atom is 0.196 e. The van der Waals surface area contributed by atoms with Gasteiger partial charge in [-0.25, -0.2) is 8.78 Å². The first kappa shape index (κ1) is 19.6. The number of aromatic nitrogens is 3. The zero-order valence-electron chi connectivity index (χ0n) is 15.4. The van der Waals surface area contributed by atoms with E-state index in [2.05, 4.69) is 10.2 Å². The van der Waals surface area contributed by atoms with Gasteiger partial charge in [0, 0.05) is 21.9 Å². The van der Waals surface area contributed by atoms with Crippen LogP contribution in [0, 0.1) is 18.6 Å². The molecule has 146 valence electrons. The van der Waals surface area contributed by atoms with Crippen molar-refractivity contribution < 1.29 is 8.78 Å². The highest BCUT2D eigenvalue weighted by atomic mass is 35.5. The first-order valence-corrected chi connectivity index (χ1v) is 10.2. The molecule has 0 atom stereocenters. The van der Waals surface area contributed by atoms with Crippen LogP contribution < -0.4 is 0 Å². The number of nitrogens with zero attached hydrogens (tertiary/aromatic N) is 3. The second-order valence-corrected chi connectivity index (χ2v) is 7.77. The summed E-state index contributed by atoms with van der Waals surface area (Å²) in [6, 6.07) is 18.6. The molecule has 1 aromatic heterocycles. The molecule has 0 saturated heterocycles. The van der Waals surface area contributed by atoms with Gasteiger partial charge in [-0.3, -0.25) is 4.57 Å². The minimum Gasteiger partial charge on any atom is -0.270 e. The Balaban J connectivity index is 1.78. The molecule has 0 bridgehead atoms. The van der Waals surface area contributed by atoms with Crippen molar-refractivity contribution in [2.45, 2.75) is 17.8 Å². The molecule has 0 unspecified atom stereocenters. The molecule has 3 nitrogen and oxygen atoms in total. The number of para-hydroxylation sites is 1. The molecule has 4 rings (SSSR count). The topological polar surface area (TPSA) is 30.7 Å². The van der Waals surface area contributed by atoms with Gasteiger partial charge in [0.05, 0.1) is 5.69 Å². The van der Waals surface area contributed by atoms with Crippen LogP contribution in [0.2, 0.25) is 5.02 Å². The van der Waals surface area contributed by atoms with Crippen LogP contribution in [-0.4, -0.2) is 14.8 Å². The van der Waals surface area contributed by atoms with Gasteiger partial charge in [-0.2, -0.15) is 0 Å². The highest BCUT2D eigenvalue weighted by Crippen LogP contribution is 2.33. The van der Waals surface area contributed by atoms with E-state index in [0.29, 0.717) is 27.3 Å². The van der Waals surface area contributed by atoms with Crippen LogP contribution in [0.25, 0.3) is 17.1 Å². The lowest BCUT2D eigenvalue weighted by molar-refractivity contribution is 0.617. The quantitative estimate of drug-likeness (QED) is 0.342. The van der Waals surface area contributed by atoms with Crippen LogP contribution in [0.1, 0.15) is 11.1 Å². The molecule has 0 aliphatic heterocycles. The molecule has 0 saturated carbocycles. The van der Waals surface area contributed by atoms with Gasteiger partial charge in [-0.05, 0) is 55.0 Å². The van der Waals surface area contributed by atoms with Crippen LogP contribution in [0.5, 0.6) is 0 Å². The fraction of sp³-hybridized carbons (Fsp3) is 0.0909. The van der Waals surface area contributed by atoms with Crippen molar-refractivity contribution in [2.75, 3.05) is 0 Å². The molecule has 4 aromatic rings. The maximum atomic E-state index is 14.2. The van der Waals surface area contributed by atoms with Crippen molar-refractivity contribution in [3.8, 4) is 17.1 Å². The van der Waals surface area contributed by atoms with Gasteiger partial charge in [0.2, 0.25) is 0 Å². The largest absolute Gasteiger partial charge is 0.270 e. The summed E-state index contributed by atoms with van der Waals surface area (Å²) in [6.45, 7) is 1.99. The Morgan fingerprint density at radius 2 is 1.69 bits per heavy atom. The predicted octanol–water partition coefficient (Wildman–Crippen LogP) is 6.47. The first-order valence-electron chi connectivity index (χ1n) is 8.87. The summed E-state index contributed by atoms with van der Waals surface area (Å²) in [5, 5.41) is 9.63. The lowest BCUT2D eigenvalue weighted by atomic mass is 10.1. The number of hydrogen-bond donors (Lipinski definition) is 0. The van der Waals surface area contributed by atoms with Crippen LogP contribution >= 0.6 is 23.4 Å². The van der Waals surface area contributed by atoms with Crippen LogP contribution in [0.3, 0.4) is 0 Å². The normalized spacial score (nSPS) is 11.0. The van der Waals surface area contributed by atoms with Gasteiger partial charge in [-0.1, -0.05) is 47.6 Å². The summed E-state index contributed by atoms with van der Waals surface area (Å²) in [7, 11) is 0. The van der Waals surface area contributed by atoms with Crippen molar-refractivity contribution in [3.05, 3.63) is 94.5 Å². The van der Waals surface area contributed by atoms with Gasteiger partial charge in [0.15, 0.2) is 11.0 Å². The number of hydrogen-bond acceptors (Lipinski definition) is 3. The summed E-state index contributed by atoms with van der Waals surface area (Å²) < 4.78 is 29.5. The predicted molar refractivity (Wildman–Crippen MR) is 112 cm³/mol. The SMILES string of the molecule is Cc1ccccc1-n1c(SCc2c(F)cccc2Cl)nnc1-c1ccc(F)cc1. The van der Waals surface area contributed by atoms with Crippen molar-refractivity contribution in [1.29, 1.82) is 0 Å². The zero-order valence-corrected chi connectivity index (χ0v) is 17.0. The van der Waals surface area contributed by atoms with E-state index in [1.807, 2.05) is 35.8 Å². The Bertz CT molecular complexity index is 1140. The molecule has 3 aromatic carbocycles. The maximum absolute atomic E-state index is 14.2. The second-order valence-electron chi connectivity index (χ2n) is 6.42. The highest BCUT2D eigenvalue weighted by molar-refractivity contribution is 7.98. The first-order chi connectivity index (χ1) is 14.0. The third-order valence-corrected chi connectivity index (χ3v) is 5.81. The van der Waals surface area contributed by atoms with E-state index in [0.717, 1.165) is 16.8 Å². The number of thioether (sulfide) groups is 1. The van der Waals surface area contributed by atoms with Crippen LogP contribution in [0.15, 0.2) is 71.9 Å². The average Bonchev–Trinajstić information content (AvgIpc) is 3.12. The third kappa shape index (κ3) is 4.04. The fourth-order valence-corrected chi connectivity index (χ4v) is 4.28. The number of rotatable bonds is 5. The Morgan fingerprint density at radius 1 is 0.931 bits per heavy atom. The summed E-state index contributed by atoms with van der Waals surface area (Å²) >= 11 is 7.50. The summed E-state index contributed by atoms with van der Waals surface area (Å²) in [5.41, 5.74) is 3.08. The van der Waals surface area contributed by atoms with Gasteiger partial charge < -0.3 is 0 Å². The number of halogens is 3. The average molecular weight is 428 g/mol. The molecular weight excluding hydrogens is 412 g/mol. The van der Waals surface area contributed by atoms with Crippen molar-refractivity contribution in [1.82, 2.24) is 14.8 Å². The molecule has 0 aliphatic carbocycles. The number of benzene rings is 3. The standard InChI is InChI=1S/C22H16ClF2N3S/c1-14-5-2-3-8-20(14)28-21(15-9-11-16(24)12-10-15)26-27-22(28)29-13-17-18(23)6-4-7-19(17)25/h2-12H,13H2,1H3. The van der Waals surface area contributed by atoms with E-state index in [9.17, 15) is 8.78 Å². The van der Waals surface area contributed by atoms with E-state index in [-0.39, 0.29) is 11.6 Å². The Labute approximate surface area is 176 Å². The lowest BCUT2D eigenvalue weighted by Gasteiger charge is -2.13. The van der Waals surface area contributed by atoms with E-state index in [4.69, 9.17) is 11.6 Å². The third-order valence-electron chi connectivity index (χ3n) is 4.50. The smallest absolute Gasteiger partial charge is 0.196 e. The molecule has 0 radical (unpaired) electrons. The molecule has 0 amide bonds. The van der Waals surface area contributed by atoms with Gasteiger partial charge >= 0.3 is 0 Å². The summed E-state index contributed by atoms with van der Waals surface area (Å²) in [5.74, 6) is 0.213. The van der Waals surface area contributed by atoms with Crippen molar-refractivity contribution in [3.63, 3.8) is 0 Å². The Hall–Kier alpha value is -2.70. The molecule has 0 spiro atoms. The van der Waals surface area contributed by atoms with Gasteiger partial charge in [-0.15, -0.1) is 10.2 Å². The van der Waals surface area contributed by atoms with E-state index in [1.54, 1.807) is 24.3 Å². The molecule has 7 heteroatoms. The summed E-state index contributed by atoms with van der Waals surface area (Å²) in [6.07, 6.45) is 0. The molecular formula is C22H16ClF2N3S. The molecule has 0 aliphatic rings. The minimum atomic E-state index is -0.356. The van der Waals surface area contributed by atoms with E-state index in [1.165, 1.54) is 30.0 Å². The van der Waals surface area contributed by atoms with Crippen molar-refractivity contribution in [2.24, 2.45) is 0 Å². The highest BCUT2D eigenvalue weighted by Gasteiger charge is 2.18. The van der Waals surface area contributed by atoms with Crippen molar-refractivity contribution >= 4 is 23.4 Å². The lowest BCUT2D eigenvalue weighted by Crippen LogP contribution is -2.02. The molecule has 0 fully saturated rings. The fourth-order valence-electron chi connectivity index (χ4n) is 2.99. The molecule has 29 heavy (non-hydrogen) atoms. The van der Waals surface area contributed by atoms with Gasteiger partial charge in [0.25, 0.3) is 0 Å². The molecule has 0 N–H and O–H groups in total. The second kappa shape index (κ2) is 8.35. The van der Waals surface area contributed by atoms with Gasteiger partial charge in [0.1, 0.15) is 11.6 Å². The summed E-state index contributed by atoms with van der Waals surface area (Å²) in [4.78, 5) is 0. The monoisotopic (exact) mass is 427 g/mol. The van der Waals surface area contributed by atoms with E-state index < -0.39 is 0 Å². The Kier molecular flexibility index (Phi) is 5.65. The Morgan fingerprint density at radius 3 is 2.41 bits per heavy atom. The number of aryl methyl sites for hydroxylation is 1. The van der Waals surface area contributed by atoms with Crippen LogP contribution in [-0.2, 0) is 5.75 Å². The zero-order chi connectivity index (χ0) is 20.4. The minimum absolute atomic E-state index is 0.305.